The molecular weight excluding hydrogens is 582 g/mol. The number of benzene rings is 3. The highest BCUT2D eigenvalue weighted by Gasteiger charge is 2.40. The number of allylic oxidation sites excluding steroid dienone is 3. The van der Waals surface area contributed by atoms with Gasteiger partial charge in [0, 0.05) is 60.4 Å². The van der Waals surface area contributed by atoms with Crippen LogP contribution in [0.5, 0.6) is 0 Å². The van der Waals surface area contributed by atoms with Crippen LogP contribution < -0.4 is 11.1 Å². The molecule has 3 N–H and O–H groups in total. The van der Waals surface area contributed by atoms with Gasteiger partial charge in [-0.15, -0.1) is 0 Å². The molecule has 2 unspecified atom stereocenters. The highest BCUT2D eigenvalue weighted by molar-refractivity contribution is 5.57. The van der Waals surface area contributed by atoms with E-state index in [0.29, 0.717) is 37.2 Å². The molecule has 0 saturated carbocycles. The van der Waals surface area contributed by atoms with Gasteiger partial charge in [-0.1, -0.05) is 98.1 Å². The van der Waals surface area contributed by atoms with Gasteiger partial charge < -0.3 is 25.3 Å². The lowest BCUT2D eigenvalue weighted by atomic mass is 9.77. The summed E-state index contributed by atoms with van der Waals surface area (Å²) < 4.78 is 18.7. The lowest BCUT2D eigenvalue weighted by Gasteiger charge is -2.37. The Morgan fingerprint density at radius 3 is 2.19 bits per heavy atom. The zero-order valence-corrected chi connectivity index (χ0v) is 28.6. The molecular formula is C41H51N3O3. The van der Waals surface area contributed by atoms with Crippen LogP contribution in [0.1, 0.15) is 60.8 Å². The van der Waals surface area contributed by atoms with Crippen LogP contribution in [0.15, 0.2) is 132 Å². The van der Waals surface area contributed by atoms with Crippen molar-refractivity contribution in [2.45, 2.75) is 51.0 Å². The molecule has 1 fully saturated rings. The number of likely N-dealkylation sites (tertiary alicyclic amines) is 1. The van der Waals surface area contributed by atoms with Gasteiger partial charge in [-0.2, -0.15) is 0 Å². The summed E-state index contributed by atoms with van der Waals surface area (Å²) in [5.41, 5.74) is 14.3. The van der Waals surface area contributed by atoms with E-state index in [1.54, 1.807) is 7.11 Å². The lowest BCUT2D eigenvalue weighted by Crippen LogP contribution is -2.36. The fourth-order valence-electron chi connectivity index (χ4n) is 7.16. The second-order valence-electron chi connectivity index (χ2n) is 13.0. The Morgan fingerprint density at radius 2 is 1.57 bits per heavy atom. The van der Waals surface area contributed by atoms with Gasteiger partial charge in [0.1, 0.15) is 17.1 Å². The van der Waals surface area contributed by atoms with Crippen molar-refractivity contribution in [3.63, 3.8) is 0 Å². The summed E-state index contributed by atoms with van der Waals surface area (Å²) in [5, 5.41) is 3.60. The topological polar surface area (TPSA) is 69.0 Å². The van der Waals surface area contributed by atoms with Gasteiger partial charge in [-0.25, -0.2) is 0 Å². The van der Waals surface area contributed by atoms with Crippen molar-refractivity contribution >= 4 is 0 Å². The van der Waals surface area contributed by atoms with Crippen LogP contribution in [-0.4, -0.2) is 57.0 Å². The van der Waals surface area contributed by atoms with Crippen LogP contribution in [0.25, 0.3) is 0 Å². The summed E-state index contributed by atoms with van der Waals surface area (Å²) in [6, 6.07) is 30.1. The third-order valence-corrected chi connectivity index (χ3v) is 9.52. The highest BCUT2D eigenvalue weighted by Crippen LogP contribution is 2.46. The van der Waals surface area contributed by atoms with Gasteiger partial charge in [-0.05, 0) is 56.0 Å². The quantitative estimate of drug-likeness (QED) is 0.133. The zero-order valence-electron chi connectivity index (χ0n) is 28.6. The van der Waals surface area contributed by atoms with E-state index >= 15 is 0 Å². The summed E-state index contributed by atoms with van der Waals surface area (Å²) in [6.07, 6.45) is 1.94. The van der Waals surface area contributed by atoms with E-state index in [4.69, 9.17) is 19.9 Å². The fourth-order valence-corrected chi connectivity index (χ4v) is 7.16. The Morgan fingerprint density at radius 1 is 0.936 bits per heavy atom. The van der Waals surface area contributed by atoms with Gasteiger partial charge in [0.25, 0.3) is 0 Å². The van der Waals surface area contributed by atoms with Crippen LogP contribution in [0.3, 0.4) is 0 Å². The molecule has 0 bridgehead atoms. The molecule has 0 radical (unpaired) electrons. The average molecular weight is 634 g/mol. The van der Waals surface area contributed by atoms with Crippen LogP contribution >= 0.6 is 0 Å². The first-order chi connectivity index (χ1) is 22.7. The van der Waals surface area contributed by atoms with E-state index in [-0.39, 0.29) is 5.92 Å². The van der Waals surface area contributed by atoms with Crippen molar-refractivity contribution in [3.05, 3.63) is 154 Å². The minimum atomic E-state index is -0.396. The minimum Gasteiger partial charge on any atom is -0.497 e. The van der Waals surface area contributed by atoms with Gasteiger partial charge in [0.15, 0.2) is 0 Å². The first-order valence-corrected chi connectivity index (χ1v) is 16.7. The van der Waals surface area contributed by atoms with Crippen molar-refractivity contribution in [2.24, 2.45) is 5.73 Å². The maximum atomic E-state index is 6.96. The van der Waals surface area contributed by atoms with Gasteiger partial charge in [0.2, 0.25) is 0 Å². The lowest BCUT2D eigenvalue weighted by molar-refractivity contribution is 0.0299. The van der Waals surface area contributed by atoms with E-state index in [2.05, 4.69) is 129 Å². The Kier molecular flexibility index (Phi) is 11.4. The molecule has 47 heavy (non-hydrogen) atoms. The molecule has 5 rings (SSSR count). The summed E-state index contributed by atoms with van der Waals surface area (Å²) in [5.74, 6) is 1.40. The van der Waals surface area contributed by atoms with Gasteiger partial charge in [0.05, 0.1) is 20.3 Å². The monoisotopic (exact) mass is 633 g/mol. The van der Waals surface area contributed by atoms with E-state index in [9.17, 15) is 0 Å². The standard InChI is InChI=1S/C41H51N3O3/c1-29-15-13-14-20-35(29)40-38(31(3)45-6)30(2)43-37(27-46-26-23-42)39(40)32(4)47-41(5)22-25-44(28-41)24-21-36(33-16-9-7-10-17-33)34-18-11-8-12-19-34/h7-20,36,40,43H,3-4,21-28,42H2,1-2,5-6H3. The number of aryl methyl sites for hydroxylation is 1. The maximum absolute atomic E-state index is 6.96. The Hall–Kier alpha value is -4.10. The summed E-state index contributed by atoms with van der Waals surface area (Å²) >= 11 is 0. The number of methoxy groups -OCH3 is 1. The molecule has 2 aliphatic heterocycles. The first-order valence-electron chi connectivity index (χ1n) is 16.7. The number of nitrogens with two attached hydrogens (primary N) is 1. The summed E-state index contributed by atoms with van der Waals surface area (Å²) in [4.78, 5) is 2.53. The number of rotatable bonds is 15. The predicted octanol–water partition coefficient (Wildman–Crippen LogP) is 7.56. The Bertz CT molecular complexity index is 1560. The fraction of sp³-hybridized carbons (Fsp3) is 0.366. The van der Waals surface area contributed by atoms with Crippen LogP contribution in [0.4, 0.5) is 0 Å². The number of hydrogen-bond donors (Lipinski definition) is 2. The number of dihydropyridines is 1. The molecule has 0 aliphatic carbocycles. The normalized spacial score (nSPS) is 20.0. The van der Waals surface area contributed by atoms with Crippen molar-refractivity contribution in [3.8, 4) is 0 Å². The Labute approximate surface area is 281 Å². The van der Waals surface area contributed by atoms with Crippen molar-refractivity contribution in [1.82, 2.24) is 10.2 Å². The predicted molar refractivity (Wildman–Crippen MR) is 192 cm³/mol. The number of nitrogens with zero attached hydrogens (tertiary/aromatic N) is 1. The number of ether oxygens (including phenoxy) is 3. The number of nitrogens with one attached hydrogen (secondary N) is 1. The van der Waals surface area contributed by atoms with E-state index < -0.39 is 5.60 Å². The van der Waals surface area contributed by atoms with Crippen LogP contribution in [0, 0.1) is 6.92 Å². The molecule has 2 aliphatic rings. The van der Waals surface area contributed by atoms with E-state index in [1.807, 2.05) is 0 Å². The van der Waals surface area contributed by atoms with E-state index in [1.165, 1.54) is 16.7 Å². The summed E-state index contributed by atoms with van der Waals surface area (Å²) in [6.45, 7) is 19.3. The van der Waals surface area contributed by atoms with Crippen LogP contribution in [0.2, 0.25) is 0 Å². The summed E-state index contributed by atoms with van der Waals surface area (Å²) in [7, 11) is 1.67. The highest BCUT2D eigenvalue weighted by atomic mass is 16.5. The third-order valence-electron chi connectivity index (χ3n) is 9.52. The van der Waals surface area contributed by atoms with Gasteiger partial charge in [-0.3, -0.25) is 4.90 Å². The van der Waals surface area contributed by atoms with Crippen molar-refractivity contribution in [1.29, 1.82) is 0 Å². The first kappa shape index (κ1) is 34.2. The average Bonchev–Trinajstić information content (AvgIpc) is 3.45. The molecule has 3 aromatic rings. The molecule has 6 nitrogen and oxygen atoms in total. The molecule has 0 spiro atoms. The second kappa shape index (κ2) is 15.7. The Balaban J connectivity index is 1.39. The molecule has 0 amide bonds. The molecule has 2 atom stereocenters. The molecule has 248 valence electrons. The number of hydrogen-bond acceptors (Lipinski definition) is 6. The molecule has 0 aromatic heterocycles. The molecule has 3 aromatic carbocycles. The van der Waals surface area contributed by atoms with Crippen molar-refractivity contribution in [2.75, 3.05) is 46.5 Å². The zero-order chi connectivity index (χ0) is 33.4. The van der Waals surface area contributed by atoms with Crippen LogP contribution in [-0.2, 0) is 14.2 Å². The van der Waals surface area contributed by atoms with Crippen molar-refractivity contribution < 1.29 is 14.2 Å². The molecule has 2 heterocycles. The second-order valence-corrected chi connectivity index (χ2v) is 13.0. The van der Waals surface area contributed by atoms with E-state index in [0.717, 1.165) is 60.6 Å². The smallest absolute Gasteiger partial charge is 0.120 e. The molecule has 6 heteroatoms. The molecule has 1 saturated heterocycles. The van der Waals surface area contributed by atoms with Gasteiger partial charge >= 0.3 is 0 Å². The largest absolute Gasteiger partial charge is 0.497 e. The maximum Gasteiger partial charge on any atom is 0.120 e. The SMILES string of the molecule is C=C(OC)C1=C(C)NC(COCCN)=C(C(=C)OC2(C)CCN(CCC(c3ccccc3)c3ccccc3)C2)C1c1ccccc1C. The minimum absolute atomic E-state index is 0.188. The third kappa shape index (κ3) is 8.07.